The highest BCUT2D eigenvalue weighted by molar-refractivity contribution is 4.84. The molecule has 0 aromatic heterocycles. The van der Waals surface area contributed by atoms with Crippen LogP contribution in [0.3, 0.4) is 0 Å². The van der Waals surface area contributed by atoms with E-state index in [1.54, 1.807) is 0 Å². The van der Waals surface area contributed by atoms with Gasteiger partial charge in [-0.1, -0.05) is 0 Å². The molecule has 0 heterocycles. The first-order valence-corrected chi connectivity index (χ1v) is 5.27. The van der Waals surface area contributed by atoms with Crippen molar-refractivity contribution in [2.24, 2.45) is 5.92 Å². The van der Waals surface area contributed by atoms with Gasteiger partial charge in [-0.2, -0.15) is 0 Å². The van der Waals surface area contributed by atoms with E-state index >= 15 is 0 Å². The lowest BCUT2D eigenvalue weighted by molar-refractivity contribution is -0.0404. The van der Waals surface area contributed by atoms with Gasteiger partial charge in [0, 0.05) is 18.9 Å². The zero-order valence-corrected chi connectivity index (χ0v) is 7.86. The zero-order chi connectivity index (χ0) is 9.31. The fourth-order valence-electron chi connectivity index (χ4n) is 1.90. The largest absolute Gasteiger partial charge is 0.314 e. The molecular formula is C10H17F2N. The molecule has 3 heteroatoms. The van der Waals surface area contributed by atoms with E-state index in [0.29, 0.717) is 18.9 Å². The quantitative estimate of drug-likeness (QED) is 0.719. The Labute approximate surface area is 77.9 Å². The second-order valence-electron chi connectivity index (χ2n) is 4.48. The van der Waals surface area contributed by atoms with Gasteiger partial charge in [0.15, 0.2) is 0 Å². The lowest BCUT2D eigenvalue weighted by Gasteiger charge is -2.28. The van der Waals surface area contributed by atoms with Crippen molar-refractivity contribution >= 4 is 0 Å². The fraction of sp³-hybridized carbons (Fsp3) is 1.00. The summed E-state index contributed by atoms with van der Waals surface area (Å²) >= 11 is 0. The number of halogens is 2. The van der Waals surface area contributed by atoms with Crippen molar-refractivity contribution in [3.8, 4) is 0 Å². The van der Waals surface area contributed by atoms with Crippen molar-refractivity contribution in [2.75, 3.05) is 6.54 Å². The highest BCUT2D eigenvalue weighted by Crippen LogP contribution is 2.34. The molecule has 0 spiro atoms. The summed E-state index contributed by atoms with van der Waals surface area (Å²) in [4.78, 5) is 0. The first kappa shape index (κ1) is 9.38. The van der Waals surface area contributed by atoms with Gasteiger partial charge in [0.1, 0.15) is 0 Å². The van der Waals surface area contributed by atoms with E-state index in [4.69, 9.17) is 0 Å². The summed E-state index contributed by atoms with van der Waals surface area (Å²) in [5, 5.41) is 3.39. The Morgan fingerprint density at radius 3 is 2.23 bits per heavy atom. The summed E-state index contributed by atoms with van der Waals surface area (Å²) in [7, 11) is 0. The summed E-state index contributed by atoms with van der Waals surface area (Å²) in [6.45, 7) is 1.05. The van der Waals surface area contributed by atoms with Crippen molar-refractivity contribution in [3.05, 3.63) is 0 Å². The van der Waals surface area contributed by atoms with E-state index in [2.05, 4.69) is 5.32 Å². The molecule has 0 aliphatic heterocycles. The molecule has 1 nitrogen and oxygen atoms in total. The van der Waals surface area contributed by atoms with Crippen LogP contribution >= 0.6 is 0 Å². The molecule has 0 unspecified atom stereocenters. The van der Waals surface area contributed by atoms with Crippen LogP contribution in [0.1, 0.15) is 38.5 Å². The van der Waals surface area contributed by atoms with Gasteiger partial charge >= 0.3 is 0 Å². The predicted octanol–water partition coefficient (Wildman–Crippen LogP) is 2.56. The normalized spacial score (nSPS) is 29.1. The standard InChI is InChI=1S/C10H17F2N/c11-10(12)5-3-9(4-6-10)13-7-8-1-2-8/h8-9,13H,1-7H2. The molecule has 0 atom stereocenters. The minimum Gasteiger partial charge on any atom is -0.314 e. The van der Waals surface area contributed by atoms with E-state index < -0.39 is 5.92 Å². The first-order chi connectivity index (χ1) is 6.16. The highest BCUT2D eigenvalue weighted by Gasteiger charge is 2.35. The van der Waals surface area contributed by atoms with Crippen LogP contribution in [0.25, 0.3) is 0 Å². The van der Waals surface area contributed by atoms with E-state index in [1.165, 1.54) is 12.8 Å². The van der Waals surface area contributed by atoms with Crippen LogP contribution in [0.15, 0.2) is 0 Å². The number of hydrogen-bond donors (Lipinski definition) is 1. The number of nitrogens with one attached hydrogen (secondary N) is 1. The van der Waals surface area contributed by atoms with Crippen molar-refractivity contribution in [1.29, 1.82) is 0 Å². The zero-order valence-electron chi connectivity index (χ0n) is 7.86. The second kappa shape index (κ2) is 3.52. The molecule has 2 fully saturated rings. The molecule has 2 rings (SSSR count). The summed E-state index contributed by atoms with van der Waals surface area (Å²) in [5.74, 6) is -1.53. The average Bonchev–Trinajstić information content (AvgIpc) is 2.86. The van der Waals surface area contributed by atoms with Gasteiger partial charge < -0.3 is 5.32 Å². The Balaban J connectivity index is 1.65. The van der Waals surface area contributed by atoms with Crippen molar-refractivity contribution in [1.82, 2.24) is 5.32 Å². The number of rotatable bonds is 3. The molecule has 13 heavy (non-hydrogen) atoms. The minimum absolute atomic E-state index is 0.0787. The second-order valence-corrected chi connectivity index (χ2v) is 4.48. The van der Waals surface area contributed by atoms with Crippen LogP contribution in [0.2, 0.25) is 0 Å². The van der Waals surface area contributed by atoms with Crippen molar-refractivity contribution in [2.45, 2.75) is 50.5 Å². The van der Waals surface area contributed by atoms with Gasteiger partial charge in [-0.05, 0) is 38.1 Å². The highest BCUT2D eigenvalue weighted by atomic mass is 19.3. The summed E-state index contributed by atoms with van der Waals surface area (Å²) in [5.41, 5.74) is 0. The molecule has 0 aromatic rings. The third-order valence-electron chi connectivity index (χ3n) is 3.11. The van der Waals surface area contributed by atoms with Gasteiger partial charge in [0.25, 0.3) is 0 Å². The summed E-state index contributed by atoms with van der Waals surface area (Å²) < 4.78 is 25.5. The Morgan fingerprint density at radius 2 is 1.69 bits per heavy atom. The van der Waals surface area contributed by atoms with E-state index in [-0.39, 0.29) is 12.8 Å². The molecule has 0 radical (unpaired) electrons. The topological polar surface area (TPSA) is 12.0 Å². The predicted molar refractivity (Wildman–Crippen MR) is 47.9 cm³/mol. The van der Waals surface area contributed by atoms with Crippen LogP contribution in [-0.2, 0) is 0 Å². The molecule has 0 amide bonds. The molecule has 0 saturated heterocycles. The molecule has 0 bridgehead atoms. The van der Waals surface area contributed by atoms with Gasteiger partial charge in [0.05, 0.1) is 0 Å². The minimum atomic E-state index is -2.38. The Morgan fingerprint density at radius 1 is 1.08 bits per heavy atom. The van der Waals surface area contributed by atoms with Crippen LogP contribution in [0.4, 0.5) is 8.78 Å². The van der Waals surface area contributed by atoms with Gasteiger partial charge in [-0.15, -0.1) is 0 Å². The summed E-state index contributed by atoms with van der Waals surface area (Å²) in [6.07, 6.45) is 4.12. The lowest BCUT2D eigenvalue weighted by atomic mass is 9.92. The average molecular weight is 189 g/mol. The van der Waals surface area contributed by atoms with Crippen LogP contribution in [-0.4, -0.2) is 18.5 Å². The third-order valence-corrected chi connectivity index (χ3v) is 3.11. The third kappa shape index (κ3) is 2.90. The molecule has 2 aliphatic carbocycles. The van der Waals surface area contributed by atoms with Crippen molar-refractivity contribution in [3.63, 3.8) is 0 Å². The SMILES string of the molecule is FC1(F)CCC(NCC2CC2)CC1. The Hall–Kier alpha value is -0.180. The Kier molecular flexibility index (Phi) is 2.54. The maximum atomic E-state index is 12.8. The van der Waals surface area contributed by atoms with Crippen LogP contribution in [0, 0.1) is 5.92 Å². The van der Waals surface area contributed by atoms with E-state index in [1.807, 2.05) is 0 Å². The van der Waals surface area contributed by atoms with Gasteiger partial charge in [-0.3, -0.25) is 0 Å². The van der Waals surface area contributed by atoms with E-state index in [0.717, 1.165) is 12.5 Å². The molecule has 0 aromatic carbocycles. The van der Waals surface area contributed by atoms with Crippen LogP contribution in [0.5, 0.6) is 0 Å². The van der Waals surface area contributed by atoms with Crippen LogP contribution < -0.4 is 5.32 Å². The van der Waals surface area contributed by atoms with E-state index in [9.17, 15) is 8.78 Å². The number of hydrogen-bond acceptors (Lipinski definition) is 1. The van der Waals surface area contributed by atoms with Gasteiger partial charge in [-0.25, -0.2) is 8.78 Å². The number of alkyl halides is 2. The smallest absolute Gasteiger partial charge is 0.248 e. The summed E-state index contributed by atoms with van der Waals surface area (Å²) in [6, 6.07) is 0.361. The Bertz CT molecular complexity index is 165. The maximum absolute atomic E-state index is 12.8. The molecule has 1 N–H and O–H groups in total. The molecule has 2 aliphatic rings. The fourth-order valence-corrected chi connectivity index (χ4v) is 1.90. The van der Waals surface area contributed by atoms with Crippen molar-refractivity contribution < 1.29 is 8.78 Å². The first-order valence-electron chi connectivity index (χ1n) is 5.27. The molecule has 2 saturated carbocycles. The molecule has 76 valence electrons. The lowest BCUT2D eigenvalue weighted by Crippen LogP contribution is -2.37. The maximum Gasteiger partial charge on any atom is 0.248 e. The monoisotopic (exact) mass is 189 g/mol. The van der Waals surface area contributed by atoms with Gasteiger partial charge in [0.2, 0.25) is 5.92 Å². The molecular weight excluding hydrogens is 172 g/mol.